The fourth-order valence-corrected chi connectivity index (χ4v) is 3.23. The zero-order chi connectivity index (χ0) is 19.3. The number of amides is 1. The first-order chi connectivity index (χ1) is 13.7. The van der Waals surface area contributed by atoms with Crippen LogP contribution in [0.15, 0.2) is 59.5 Å². The lowest BCUT2D eigenvalue weighted by Gasteiger charge is -2.20. The van der Waals surface area contributed by atoms with Gasteiger partial charge in [-0.1, -0.05) is 29.8 Å². The molecule has 1 fully saturated rings. The topological polar surface area (TPSA) is 71.3 Å². The highest BCUT2D eigenvalue weighted by Crippen LogP contribution is 2.31. The number of rotatable bonds is 8. The maximum Gasteiger partial charge on any atom is 0.273 e. The summed E-state index contributed by atoms with van der Waals surface area (Å²) >= 11 is 6.30. The third-order valence-electron chi connectivity index (χ3n) is 4.72. The number of aromatic nitrogens is 2. The van der Waals surface area contributed by atoms with E-state index in [1.807, 2.05) is 36.4 Å². The van der Waals surface area contributed by atoms with E-state index in [1.165, 1.54) is 6.26 Å². The second-order valence-electron chi connectivity index (χ2n) is 6.89. The summed E-state index contributed by atoms with van der Waals surface area (Å²) in [5, 5.41) is 3.60. The van der Waals surface area contributed by atoms with Gasteiger partial charge >= 0.3 is 0 Å². The molecule has 144 valence electrons. The van der Waals surface area contributed by atoms with Crippen LogP contribution in [0.3, 0.4) is 0 Å². The maximum absolute atomic E-state index is 12.3. The third-order valence-corrected chi connectivity index (χ3v) is 5.09. The second kappa shape index (κ2) is 8.54. The Bertz CT molecular complexity index is 940. The van der Waals surface area contributed by atoms with Crippen LogP contribution in [-0.2, 0) is 19.6 Å². The van der Waals surface area contributed by atoms with Gasteiger partial charge in [-0.25, -0.2) is 4.98 Å². The summed E-state index contributed by atoms with van der Waals surface area (Å²) in [7, 11) is 0. The Balaban J connectivity index is 1.37. The number of carbonyl (C=O) groups excluding carboxylic acids is 1. The lowest BCUT2D eigenvalue weighted by molar-refractivity contribution is 0.0945. The van der Waals surface area contributed by atoms with Crippen LogP contribution in [0.4, 0.5) is 0 Å². The van der Waals surface area contributed by atoms with Crippen LogP contribution in [0.2, 0.25) is 5.02 Å². The second-order valence-corrected chi connectivity index (χ2v) is 7.30. The number of nitrogens with zero attached hydrogens (tertiary/aromatic N) is 3. The minimum Gasteiger partial charge on any atom is -0.447 e. The average molecular weight is 397 g/mol. The summed E-state index contributed by atoms with van der Waals surface area (Å²) in [5.41, 5.74) is 2.35. The number of oxazole rings is 1. The molecular formula is C21H21ClN4O2. The molecule has 28 heavy (non-hydrogen) atoms. The van der Waals surface area contributed by atoms with Gasteiger partial charge in [0.2, 0.25) is 5.89 Å². The summed E-state index contributed by atoms with van der Waals surface area (Å²) in [4.78, 5) is 22.9. The highest BCUT2D eigenvalue weighted by atomic mass is 35.5. The molecule has 0 unspecified atom stereocenters. The number of benzene rings is 1. The molecule has 7 heteroatoms. The van der Waals surface area contributed by atoms with Crippen molar-refractivity contribution in [1.29, 1.82) is 0 Å². The largest absolute Gasteiger partial charge is 0.447 e. The van der Waals surface area contributed by atoms with Crippen LogP contribution in [0.25, 0.3) is 0 Å². The first-order valence-electron chi connectivity index (χ1n) is 9.28. The molecule has 4 rings (SSSR count). The van der Waals surface area contributed by atoms with E-state index in [0.717, 1.165) is 35.5 Å². The van der Waals surface area contributed by atoms with E-state index in [-0.39, 0.29) is 11.6 Å². The van der Waals surface area contributed by atoms with E-state index in [1.54, 1.807) is 12.4 Å². The van der Waals surface area contributed by atoms with Gasteiger partial charge in [0.25, 0.3) is 5.91 Å². The Labute approximate surface area is 168 Å². The standard InChI is InChI=1S/C21H21ClN4O2/c22-18-4-2-1-3-16(18)12-26(17-5-6-17)13-20-25-19(14-28-20)21(27)24-11-15-7-9-23-10-8-15/h1-4,7-10,14,17H,5-6,11-13H2,(H,24,27). The van der Waals surface area contributed by atoms with Gasteiger partial charge in [0.15, 0.2) is 5.69 Å². The van der Waals surface area contributed by atoms with Gasteiger partial charge in [-0.2, -0.15) is 0 Å². The average Bonchev–Trinajstić information content (AvgIpc) is 3.46. The van der Waals surface area contributed by atoms with Crippen LogP contribution in [0, 0.1) is 0 Å². The SMILES string of the molecule is O=C(NCc1ccncc1)c1coc(CN(Cc2ccccc2Cl)C2CC2)n1. The molecule has 0 aliphatic heterocycles. The zero-order valence-corrected chi connectivity index (χ0v) is 16.1. The molecule has 0 saturated heterocycles. The van der Waals surface area contributed by atoms with Gasteiger partial charge in [-0.15, -0.1) is 0 Å². The monoisotopic (exact) mass is 396 g/mol. The number of halogens is 1. The number of nitrogens with one attached hydrogen (secondary N) is 1. The smallest absolute Gasteiger partial charge is 0.273 e. The Morgan fingerprint density at radius 3 is 2.71 bits per heavy atom. The molecule has 2 heterocycles. The molecule has 6 nitrogen and oxygen atoms in total. The zero-order valence-electron chi connectivity index (χ0n) is 15.3. The first kappa shape index (κ1) is 18.7. The van der Waals surface area contributed by atoms with Gasteiger partial charge in [-0.3, -0.25) is 14.7 Å². The van der Waals surface area contributed by atoms with E-state index in [2.05, 4.69) is 20.2 Å². The van der Waals surface area contributed by atoms with Gasteiger partial charge in [0.1, 0.15) is 6.26 Å². The Kier molecular flexibility index (Phi) is 5.69. The summed E-state index contributed by atoms with van der Waals surface area (Å²) in [6.07, 6.45) is 7.12. The normalized spacial score (nSPS) is 13.6. The van der Waals surface area contributed by atoms with Crippen molar-refractivity contribution in [2.24, 2.45) is 0 Å². The molecule has 1 saturated carbocycles. The lowest BCUT2D eigenvalue weighted by Crippen LogP contribution is -2.26. The van der Waals surface area contributed by atoms with Crippen LogP contribution in [0.5, 0.6) is 0 Å². The minimum absolute atomic E-state index is 0.254. The Hall–Kier alpha value is -2.70. The van der Waals surface area contributed by atoms with Gasteiger partial charge in [0, 0.05) is 36.5 Å². The van der Waals surface area contributed by atoms with E-state index in [9.17, 15) is 4.79 Å². The van der Waals surface area contributed by atoms with Crippen molar-refractivity contribution in [1.82, 2.24) is 20.2 Å². The molecule has 1 aliphatic rings. The van der Waals surface area contributed by atoms with Gasteiger partial charge in [-0.05, 0) is 42.2 Å². The summed E-state index contributed by atoms with van der Waals surface area (Å²) < 4.78 is 5.56. The molecule has 0 bridgehead atoms. The molecule has 1 aromatic carbocycles. The molecule has 1 N–H and O–H groups in total. The first-order valence-corrected chi connectivity index (χ1v) is 9.66. The molecule has 3 aromatic rings. The molecular weight excluding hydrogens is 376 g/mol. The molecule has 0 atom stereocenters. The van der Waals surface area contributed by atoms with E-state index in [0.29, 0.717) is 25.0 Å². The van der Waals surface area contributed by atoms with Crippen molar-refractivity contribution in [3.05, 3.63) is 82.8 Å². The summed E-state index contributed by atoms with van der Waals surface area (Å²) in [6.45, 7) is 1.70. The van der Waals surface area contributed by atoms with Crippen LogP contribution in [0.1, 0.15) is 40.3 Å². The minimum atomic E-state index is -0.254. The van der Waals surface area contributed by atoms with Crippen LogP contribution < -0.4 is 5.32 Å². The van der Waals surface area contributed by atoms with E-state index >= 15 is 0 Å². The summed E-state index contributed by atoms with van der Waals surface area (Å²) in [5.74, 6) is 0.281. The molecule has 1 amide bonds. The van der Waals surface area contributed by atoms with Crippen molar-refractivity contribution in [3.8, 4) is 0 Å². The lowest BCUT2D eigenvalue weighted by atomic mass is 10.2. The quantitative estimate of drug-likeness (QED) is 0.626. The Morgan fingerprint density at radius 2 is 1.96 bits per heavy atom. The predicted molar refractivity (Wildman–Crippen MR) is 106 cm³/mol. The number of pyridine rings is 1. The van der Waals surface area contributed by atoms with Crippen molar-refractivity contribution < 1.29 is 9.21 Å². The number of carbonyl (C=O) groups is 1. The van der Waals surface area contributed by atoms with Crippen LogP contribution in [-0.4, -0.2) is 26.8 Å². The maximum atomic E-state index is 12.3. The molecule has 2 aromatic heterocycles. The number of hydrogen-bond acceptors (Lipinski definition) is 5. The van der Waals surface area contributed by atoms with E-state index < -0.39 is 0 Å². The fourth-order valence-electron chi connectivity index (χ4n) is 3.03. The fraction of sp³-hybridized carbons (Fsp3) is 0.286. The van der Waals surface area contributed by atoms with Crippen molar-refractivity contribution in [2.75, 3.05) is 0 Å². The molecule has 0 radical (unpaired) electrons. The highest BCUT2D eigenvalue weighted by Gasteiger charge is 2.30. The highest BCUT2D eigenvalue weighted by molar-refractivity contribution is 6.31. The van der Waals surface area contributed by atoms with Gasteiger partial charge < -0.3 is 9.73 Å². The van der Waals surface area contributed by atoms with Crippen molar-refractivity contribution in [3.63, 3.8) is 0 Å². The molecule has 1 aliphatic carbocycles. The van der Waals surface area contributed by atoms with Crippen LogP contribution >= 0.6 is 11.6 Å². The molecule has 0 spiro atoms. The van der Waals surface area contributed by atoms with E-state index in [4.69, 9.17) is 16.0 Å². The predicted octanol–water partition coefficient (Wildman–Crippen LogP) is 3.82. The number of hydrogen-bond donors (Lipinski definition) is 1. The van der Waals surface area contributed by atoms with Crippen molar-refractivity contribution in [2.45, 2.75) is 38.5 Å². The van der Waals surface area contributed by atoms with Crippen molar-refractivity contribution >= 4 is 17.5 Å². The third kappa shape index (κ3) is 4.77. The Morgan fingerprint density at radius 1 is 1.18 bits per heavy atom. The summed E-state index contributed by atoms with van der Waals surface area (Å²) in [6, 6.07) is 12.1. The van der Waals surface area contributed by atoms with Gasteiger partial charge in [0.05, 0.1) is 6.54 Å².